The van der Waals surface area contributed by atoms with E-state index in [9.17, 15) is 19.7 Å². The van der Waals surface area contributed by atoms with E-state index in [1.807, 2.05) is 0 Å². The fraction of sp³-hybridized carbons (Fsp3) is 0.536. The van der Waals surface area contributed by atoms with Crippen LogP contribution in [0.1, 0.15) is 65.7 Å². The molecule has 2 N–H and O–H groups in total. The Morgan fingerprint density at radius 2 is 1.76 bits per heavy atom. The molecule has 41 heavy (non-hydrogen) atoms. The van der Waals surface area contributed by atoms with Crippen molar-refractivity contribution in [3.63, 3.8) is 0 Å². The first-order valence-corrected chi connectivity index (χ1v) is 14.6. The summed E-state index contributed by atoms with van der Waals surface area (Å²) >= 11 is 3.25. The highest BCUT2D eigenvalue weighted by Crippen LogP contribution is 2.45. The third-order valence-corrected chi connectivity index (χ3v) is 9.19. The Labute approximate surface area is 245 Å². The third-order valence-electron chi connectivity index (χ3n) is 8.73. The predicted octanol–water partition coefficient (Wildman–Crippen LogP) is 5.55. The first-order chi connectivity index (χ1) is 19.5. The molecule has 3 aliphatic rings. The number of benzene rings is 1. The minimum atomic E-state index is -3.41. The number of hydrogen-bond donors (Lipinski definition) is 2. The molecule has 220 valence electrons. The molecule has 0 bridgehead atoms. The van der Waals surface area contributed by atoms with Gasteiger partial charge >= 0.3 is 0 Å². The molecule has 2 aromatic rings. The summed E-state index contributed by atoms with van der Waals surface area (Å²) < 4.78 is 30.9. The molecule has 1 atom stereocenters. The number of carbonyl (C=O) groups excluding carboxylic acids is 2. The summed E-state index contributed by atoms with van der Waals surface area (Å²) in [4.78, 5) is 44.8. The highest BCUT2D eigenvalue weighted by Gasteiger charge is 2.51. The van der Waals surface area contributed by atoms with Gasteiger partial charge in [-0.2, -0.15) is 0 Å². The molecule has 1 aromatic heterocycles. The van der Waals surface area contributed by atoms with Gasteiger partial charge in [-0.05, 0) is 43.2 Å². The Balaban J connectivity index is 1.39. The van der Waals surface area contributed by atoms with Crippen molar-refractivity contribution >= 4 is 44.8 Å². The van der Waals surface area contributed by atoms with Gasteiger partial charge in [0, 0.05) is 49.6 Å². The van der Waals surface area contributed by atoms with Crippen molar-refractivity contribution in [1.82, 2.24) is 14.8 Å². The Bertz CT molecular complexity index is 1340. The summed E-state index contributed by atoms with van der Waals surface area (Å²) in [7, 11) is 1.65. The second-order valence-electron chi connectivity index (χ2n) is 11.3. The number of alkyl halides is 2. The van der Waals surface area contributed by atoms with E-state index < -0.39 is 47.5 Å². The lowest BCUT2D eigenvalue weighted by Crippen LogP contribution is -2.44. The van der Waals surface area contributed by atoms with Gasteiger partial charge in [-0.25, -0.2) is 8.78 Å². The quantitative estimate of drug-likeness (QED) is 0.316. The SMILES string of the molecule is CNc1cncc(C(=O)N2CC(Nc3c(C(=O)N4CCC5(CCCCC5)CC4)cc(Br)cc3[N+](=O)[O-])C(F)(F)C2)c1. The third kappa shape index (κ3) is 6.00. The largest absolute Gasteiger partial charge is 0.387 e. The van der Waals surface area contributed by atoms with Crippen LogP contribution in [0.15, 0.2) is 35.1 Å². The van der Waals surface area contributed by atoms with E-state index in [4.69, 9.17) is 0 Å². The first kappa shape index (κ1) is 29.2. The smallest absolute Gasteiger partial charge is 0.294 e. The Morgan fingerprint density at radius 1 is 1.05 bits per heavy atom. The molecule has 3 fully saturated rings. The minimum absolute atomic E-state index is 0.0443. The zero-order chi connectivity index (χ0) is 29.4. The Hall–Kier alpha value is -3.35. The molecule has 13 heteroatoms. The molecule has 1 aromatic carbocycles. The van der Waals surface area contributed by atoms with Crippen LogP contribution in [0.2, 0.25) is 0 Å². The number of amides is 2. The molecule has 1 aliphatic carbocycles. The zero-order valence-corrected chi connectivity index (χ0v) is 24.4. The lowest BCUT2D eigenvalue weighted by atomic mass is 9.68. The summed E-state index contributed by atoms with van der Waals surface area (Å²) in [5, 5.41) is 17.5. The lowest BCUT2D eigenvalue weighted by molar-refractivity contribution is -0.384. The van der Waals surface area contributed by atoms with E-state index in [0.717, 1.165) is 30.6 Å². The number of aromatic nitrogens is 1. The number of likely N-dealkylation sites (tertiary alicyclic amines) is 2. The van der Waals surface area contributed by atoms with Crippen LogP contribution in [0.3, 0.4) is 0 Å². The van der Waals surface area contributed by atoms with Crippen molar-refractivity contribution in [1.29, 1.82) is 0 Å². The normalized spacial score (nSPS) is 21.5. The van der Waals surface area contributed by atoms with Crippen molar-refractivity contribution in [2.45, 2.75) is 56.9 Å². The minimum Gasteiger partial charge on any atom is -0.387 e. The summed E-state index contributed by atoms with van der Waals surface area (Å²) in [5.41, 5.74) is 0.131. The molecule has 1 spiro atoms. The van der Waals surface area contributed by atoms with Crippen molar-refractivity contribution in [2.24, 2.45) is 5.41 Å². The second-order valence-corrected chi connectivity index (χ2v) is 12.2. The van der Waals surface area contributed by atoms with Crippen LogP contribution in [0.5, 0.6) is 0 Å². The van der Waals surface area contributed by atoms with Crippen LogP contribution < -0.4 is 10.6 Å². The van der Waals surface area contributed by atoms with E-state index in [2.05, 4.69) is 31.5 Å². The molecule has 2 saturated heterocycles. The molecule has 2 aliphatic heterocycles. The molecule has 10 nitrogen and oxygen atoms in total. The summed E-state index contributed by atoms with van der Waals surface area (Å²) in [6.07, 6.45) is 10.4. The zero-order valence-electron chi connectivity index (χ0n) is 22.8. The van der Waals surface area contributed by atoms with Crippen LogP contribution in [-0.2, 0) is 0 Å². The van der Waals surface area contributed by atoms with Crippen LogP contribution >= 0.6 is 15.9 Å². The number of pyridine rings is 1. The van der Waals surface area contributed by atoms with Gasteiger partial charge in [-0.3, -0.25) is 24.7 Å². The molecule has 0 radical (unpaired) electrons. The summed E-state index contributed by atoms with van der Waals surface area (Å²) in [5.74, 6) is -4.49. The van der Waals surface area contributed by atoms with E-state index >= 15 is 8.78 Å². The van der Waals surface area contributed by atoms with Crippen molar-refractivity contribution in [2.75, 3.05) is 43.9 Å². The molecule has 1 unspecified atom stereocenters. The fourth-order valence-corrected chi connectivity index (χ4v) is 6.80. The van der Waals surface area contributed by atoms with Crippen molar-refractivity contribution < 1.29 is 23.3 Å². The van der Waals surface area contributed by atoms with Gasteiger partial charge in [0.2, 0.25) is 0 Å². The van der Waals surface area contributed by atoms with Gasteiger partial charge in [0.25, 0.3) is 23.4 Å². The molecule has 3 heterocycles. The number of nitrogens with one attached hydrogen (secondary N) is 2. The number of anilines is 2. The number of hydrogen-bond acceptors (Lipinski definition) is 7. The fourth-order valence-electron chi connectivity index (χ4n) is 6.35. The van der Waals surface area contributed by atoms with Gasteiger partial charge < -0.3 is 20.4 Å². The van der Waals surface area contributed by atoms with Crippen LogP contribution in [0.25, 0.3) is 0 Å². The lowest BCUT2D eigenvalue weighted by Gasteiger charge is -2.44. The van der Waals surface area contributed by atoms with Gasteiger partial charge in [0.05, 0.1) is 28.3 Å². The van der Waals surface area contributed by atoms with Crippen LogP contribution in [-0.4, -0.2) is 76.7 Å². The molecular weight excluding hydrogens is 602 g/mol. The maximum Gasteiger partial charge on any atom is 0.294 e. The average Bonchev–Trinajstić information content (AvgIpc) is 3.27. The van der Waals surface area contributed by atoms with Crippen molar-refractivity contribution in [3.05, 3.63) is 56.3 Å². The van der Waals surface area contributed by atoms with E-state index in [0.29, 0.717) is 23.2 Å². The number of nitro benzene ring substituents is 1. The second kappa shape index (κ2) is 11.5. The van der Waals surface area contributed by atoms with E-state index in [1.165, 1.54) is 49.9 Å². The molecule has 5 rings (SSSR count). The van der Waals surface area contributed by atoms with Crippen LogP contribution in [0, 0.1) is 15.5 Å². The monoisotopic (exact) mass is 634 g/mol. The number of nitro groups is 1. The van der Waals surface area contributed by atoms with E-state index in [1.54, 1.807) is 11.9 Å². The highest BCUT2D eigenvalue weighted by atomic mass is 79.9. The van der Waals surface area contributed by atoms with Crippen LogP contribution in [0.4, 0.5) is 25.8 Å². The van der Waals surface area contributed by atoms with E-state index in [-0.39, 0.29) is 22.2 Å². The maximum absolute atomic E-state index is 15.3. The number of nitrogens with zero attached hydrogens (tertiary/aromatic N) is 4. The molecule has 1 saturated carbocycles. The average molecular weight is 636 g/mol. The maximum atomic E-state index is 15.3. The Morgan fingerprint density at radius 3 is 2.41 bits per heavy atom. The molecule has 2 amide bonds. The van der Waals surface area contributed by atoms with Gasteiger partial charge in [0.1, 0.15) is 11.7 Å². The van der Waals surface area contributed by atoms with Gasteiger partial charge in [-0.15, -0.1) is 0 Å². The number of rotatable bonds is 6. The first-order valence-electron chi connectivity index (χ1n) is 13.9. The topological polar surface area (TPSA) is 121 Å². The number of halogens is 3. The summed E-state index contributed by atoms with van der Waals surface area (Å²) in [6.45, 7) is -0.266. The predicted molar refractivity (Wildman–Crippen MR) is 153 cm³/mol. The highest BCUT2D eigenvalue weighted by molar-refractivity contribution is 9.10. The number of piperidine rings is 1. The number of carbonyl (C=O) groups is 2. The summed E-state index contributed by atoms with van der Waals surface area (Å²) in [6, 6.07) is 2.50. The molecular formula is C28H33BrF2N6O4. The van der Waals surface area contributed by atoms with Gasteiger partial charge in [-0.1, -0.05) is 35.2 Å². The van der Waals surface area contributed by atoms with Crippen molar-refractivity contribution in [3.8, 4) is 0 Å². The Kier molecular flexibility index (Phi) is 8.18. The van der Waals surface area contributed by atoms with Gasteiger partial charge in [0.15, 0.2) is 0 Å². The standard InChI is InChI=1S/C28H33BrF2N6O4/c1-32-20-11-18(14-33-15-20)25(38)36-16-23(28(30,31)17-36)34-24-21(12-19(29)13-22(24)37(40)41)26(39)35-9-7-27(8-10-35)5-3-2-4-6-27/h11-15,23,32,34H,2-10,16-17H2,1H3.